The normalized spacial score (nSPS) is 16.5. The van der Waals surface area contributed by atoms with E-state index >= 15 is 0 Å². The third kappa shape index (κ3) is 3.36. The number of hydrogen-bond donors (Lipinski definition) is 2. The SMILES string of the molecule is COc1ccc2c(c1)CCC[C@@H]2NC(=S)Nc1cccnc1. The lowest BCUT2D eigenvalue weighted by Crippen LogP contribution is -2.34. The molecule has 0 aliphatic heterocycles. The van der Waals surface area contributed by atoms with Gasteiger partial charge in [0.25, 0.3) is 0 Å². The van der Waals surface area contributed by atoms with Crippen LogP contribution in [0.15, 0.2) is 42.7 Å². The van der Waals surface area contributed by atoms with E-state index in [1.165, 1.54) is 11.1 Å². The first-order chi connectivity index (χ1) is 10.8. The lowest BCUT2D eigenvalue weighted by atomic mass is 9.87. The average molecular weight is 313 g/mol. The predicted molar refractivity (Wildman–Crippen MR) is 92.3 cm³/mol. The van der Waals surface area contributed by atoms with Crippen molar-refractivity contribution in [3.05, 3.63) is 53.9 Å². The molecule has 0 fully saturated rings. The lowest BCUT2D eigenvalue weighted by molar-refractivity contribution is 0.412. The van der Waals surface area contributed by atoms with Crippen molar-refractivity contribution in [3.8, 4) is 5.75 Å². The number of nitrogens with zero attached hydrogens (tertiary/aromatic N) is 1. The molecule has 114 valence electrons. The van der Waals surface area contributed by atoms with Gasteiger partial charge in [-0.05, 0) is 66.9 Å². The van der Waals surface area contributed by atoms with Crippen LogP contribution in [-0.2, 0) is 6.42 Å². The molecule has 1 heterocycles. The summed E-state index contributed by atoms with van der Waals surface area (Å²) < 4.78 is 5.31. The highest BCUT2D eigenvalue weighted by molar-refractivity contribution is 7.80. The highest BCUT2D eigenvalue weighted by Crippen LogP contribution is 2.32. The molecule has 1 aromatic heterocycles. The number of nitrogens with one attached hydrogen (secondary N) is 2. The lowest BCUT2D eigenvalue weighted by Gasteiger charge is -2.28. The summed E-state index contributed by atoms with van der Waals surface area (Å²) in [5, 5.41) is 7.21. The van der Waals surface area contributed by atoms with Gasteiger partial charge in [0.15, 0.2) is 5.11 Å². The van der Waals surface area contributed by atoms with Crippen LogP contribution in [-0.4, -0.2) is 17.2 Å². The Hall–Kier alpha value is -2.14. The molecular weight excluding hydrogens is 294 g/mol. The van der Waals surface area contributed by atoms with Gasteiger partial charge < -0.3 is 15.4 Å². The van der Waals surface area contributed by atoms with Crippen molar-refractivity contribution in [1.82, 2.24) is 10.3 Å². The zero-order chi connectivity index (χ0) is 15.4. The summed E-state index contributed by atoms with van der Waals surface area (Å²) in [4.78, 5) is 4.08. The minimum absolute atomic E-state index is 0.242. The van der Waals surface area contributed by atoms with E-state index in [2.05, 4.69) is 27.8 Å². The molecule has 0 unspecified atom stereocenters. The second-order valence-electron chi connectivity index (χ2n) is 5.35. The van der Waals surface area contributed by atoms with E-state index in [4.69, 9.17) is 17.0 Å². The Morgan fingerprint density at radius 1 is 1.36 bits per heavy atom. The molecule has 2 N–H and O–H groups in total. The molecule has 5 heteroatoms. The summed E-state index contributed by atoms with van der Waals surface area (Å²) in [6, 6.07) is 10.3. The summed E-state index contributed by atoms with van der Waals surface area (Å²) in [5.74, 6) is 0.912. The van der Waals surface area contributed by atoms with Crippen LogP contribution >= 0.6 is 12.2 Å². The maximum absolute atomic E-state index is 5.42. The number of hydrogen-bond acceptors (Lipinski definition) is 3. The molecule has 0 radical (unpaired) electrons. The topological polar surface area (TPSA) is 46.2 Å². The minimum Gasteiger partial charge on any atom is -0.497 e. The Balaban J connectivity index is 1.70. The molecule has 4 nitrogen and oxygen atoms in total. The molecule has 1 aliphatic carbocycles. The van der Waals surface area contributed by atoms with E-state index < -0.39 is 0 Å². The van der Waals surface area contributed by atoms with E-state index in [-0.39, 0.29) is 6.04 Å². The van der Waals surface area contributed by atoms with Crippen molar-refractivity contribution in [1.29, 1.82) is 0 Å². The van der Waals surface area contributed by atoms with Gasteiger partial charge in [-0.2, -0.15) is 0 Å². The van der Waals surface area contributed by atoms with E-state index in [0.29, 0.717) is 5.11 Å². The molecule has 1 atom stereocenters. The van der Waals surface area contributed by atoms with Crippen molar-refractivity contribution in [2.75, 3.05) is 12.4 Å². The van der Waals surface area contributed by atoms with E-state index in [1.54, 1.807) is 19.5 Å². The summed E-state index contributed by atoms with van der Waals surface area (Å²) in [5.41, 5.74) is 3.54. The molecule has 0 amide bonds. The zero-order valence-corrected chi connectivity index (χ0v) is 13.3. The number of pyridine rings is 1. The number of ether oxygens (including phenoxy) is 1. The quantitative estimate of drug-likeness (QED) is 0.850. The number of fused-ring (bicyclic) bond motifs is 1. The van der Waals surface area contributed by atoms with Gasteiger partial charge in [-0.15, -0.1) is 0 Å². The highest BCUT2D eigenvalue weighted by Gasteiger charge is 2.21. The Labute approximate surface area is 135 Å². The van der Waals surface area contributed by atoms with Crippen LogP contribution < -0.4 is 15.4 Å². The Morgan fingerprint density at radius 3 is 3.05 bits per heavy atom. The van der Waals surface area contributed by atoms with Crippen molar-refractivity contribution < 1.29 is 4.74 Å². The van der Waals surface area contributed by atoms with Gasteiger partial charge in [0.05, 0.1) is 25.0 Å². The number of anilines is 1. The third-order valence-electron chi connectivity index (χ3n) is 3.89. The Kier molecular flexibility index (Phi) is 4.53. The second-order valence-corrected chi connectivity index (χ2v) is 5.76. The van der Waals surface area contributed by atoms with E-state index in [9.17, 15) is 0 Å². The molecular formula is C17H19N3OS. The van der Waals surface area contributed by atoms with E-state index in [0.717, 1.165) is 30.7 Å². The third-order valence-corrected chi connectivity index (χ3v) is 4.11. The van der Waals surface area contributed by atoms with Gasteiger partial charge in [0.2, 0.25) is 0 Å². The fraction of sp³-hybridized carbons (Fsp3) is 0.294. The number of methoxy groups -OCH3 is 1. The van der Waals surface area contributed by atoms with Crippen LogP contribution in [0.4, 0.5) is 5.69 Å². The maximum Gasteiger partial charge on any atom is 0.171 e. The molecule has 1 aromatic carbocycles. The van der Waals surface area contributed by atoms with Crippen LogP contribution in [0.2, 0.25) is 0 Å². The highest BCUT2D eigenvalue weighted by atomic mass is 32.1. The summed E-state index contributed by atoms with van der Waals surface area (Å²) >= 11 is 5.42. The first kappa shape index (κ1) is 14.8. The fourth-order valence-electron chi connectivity index (χ4n) is 2.83. The molecule has 0 bridgehead atoms. The number of aromatic nitrogens is 1. The fourth-order valence-corrected chi connectivity index (χ4v) is 3.09. The van der Waals surface area contributed by atoms with Gasteiger partial charge in [-0.3, -0.25) is 4.98 Å². The predicted octanol–water partition coefficient (Wildman–Crippen LogP) is 3.45. The number of thiocarbonyl (C=S) groups is 1. The second kappa shape index (κ2) is 6.75. The molecule has 1 aliphatic rings. The standard InChI is InChI=1S/C17H19N3OS/c1-21-14-7-8-15-12(10-14)4-2-6-16(15)20-17(22)19-13-5-3-9-18-11-13/h3,5,7-11,16H,2,4,6H2,1H3,(H2,19,20,22)/t16-/m0/s1. The largest absolute Gasteiger partial charge is 0.497 e. The van der Waals surface area contributed by atoms with Crippen molar-refractivity contribution in [3.63, 3.8) is 0 Å². The van der Waals surface area contributed by atoms with Gasteiger partial charge in [0.1, 0.15) is 5.75 Å². The zero-order valence-electron chi connectivity index (χ0n) is 12.5. The molecule has 0 spiro atoms. The Bertz CT molecular complexity index is 660. The first-order valence-electron chi connectivity index (χ1n) is 7.40. The van der Waals surface area contributed by atoms with Crippen LogP contribution in [0.25, 0.3) is 0 Å². The van der Waals surface area contributed by atoms with Crippen molar-refractivity contribution >= 4 is 23.0 Å². The van der Waals surface area contributed by atoms with Crippen molar-refractivity contribution in [2.24, 2.45) is 0 Å². The molecule has 3 rings (SSSR count). The Morgan fingerprint density at radius 2 is 2.27 bits per heavy atom. The molecule has 22 heavy (non-hydrogen) atoms. The monoisotopic (exact) mass is 313 g/mol. The summed E-state index contributed by atoms with van der Waals surface area (Å²) in [6.07, 6.45) is 6.81. The smallest absolute Gasteiger partial charge is 0.171 e. The van der Waals surface area contributed by atoms with Crippen LogP contribution in [0.1, 0.15) is 30.0 Å². The van der Waals surface area contributed by atoms with Crippen LogP contribution in [0.5, 0.6) is 5.75 Å². The number of aryl methyl sites for hydroxylation is 1. The summed E-state index contributed by atoms with van der Waals surface area (Å²) in [7, 11) is 1.70. The van der Waals surface area contributed by atoms with Crippen LogP contribution in [0, 0.1) is 0 Å². The van der Waals surface area contributed by atoms with Crippen LogP contribution in [0.3, 0.4) is 0 Å². The number of rotatable bonds is 3. The number of benzene rings is 1. The maximum atomic E-state index is 5.42. The average Bonchev–Trinajstić information content (AvgIpc) is 2.55. The van der Waals surface area contributed by atoms with Gasteiger partial charge in [-0.25, -0.2) is 0 Å². The molecule has 0 saturated carbocycles. The summed E-state index contributed by atoms with van der Waals surface area (Å²) in [6.45, 7) is 0. The van der Waals surface area contributed by atoms with Crippen molar-refractivity contribution in [2.45, 2.75) is 25.3 Å². The van der Waals surface area contributed by atoms with E-state index in [1.807, 2.05) is 18.2 Å². The van der Waals surface area contributed by atoms with Gasteiger partial charge >= 0.3 is 0 Å². The van der Waals surface area contributed by atoms with Gasteiger partial charge in [-0.1, -0.05) is 6.07 Å². The molecule has 2 aromatic rings. The first-order valence-corrected chi connectivity index (χ1v) is 7.81. The molecule has 0 saturated heterocycles. The minimum atomic E-state index is 0.242. The van der Waals surface area contributed by atoms with Gasteiger partial charge in [0, 0.05) is 6.20 Å².